The molecule has 0 aliphatic carbocycles. The van der Waals surface area contributed by atoms with Crippen LogP contribution in [0.15, 0.2) is 6.07 Å². The van der Waals surface area contributed by atoms with Crippen molar-refractivity contribution in [2.45, 2.75) is 12.6 Å². The van der Waals surface area contributed by atoms with E-state index in [1.807, 2.05) is 0 Å². The summed E-state index contributed by atoms with van der Waals surface area (Å²) in [5.74, 6) is -1.78. The van der Waals surface area contributed by atoms with Crippen molar-refractivity contribution in [3.8, 4) is 0 Å². The van der Waals surface area contributed by atoms with Crippen molar-refractivity contribution in [3.63, 3.8) is 0 Å². The number of carboxylic acid groups (broad SMARTS) is 1. The lowest BCUT2D eigenvalue weighted by atomic mass is 10.2. The molecule has 0 aromatic carbocycles. The molecule has 9 heteroatoms. The third-order valence-corrected chi connectivity index (χ3v) is 2.87. The number of anilines is 2. The van der Waals surface area contributed by atoms with Crippen LogP contribution in [0.5, 0.6) is 0 Å². The van der Waals surface area contributed by atoms with Gasteiger partial charge in [0.05, 0.1) is 11.5 Å². The highest BCUT2D eigenvalue weighted by atomic mass is 19.1. The lowest BCUT2D eigenvalue weighted by Gasteiger charge is -2.18. The van der Waals surface area contributed by atoms with Gasteiger partial charge in [0.15, 0.2) is 0 Å². The van der Waals surface area contributed by atoms with E-state index < -0.39 is 22.8 Å². The van der Waals surface area contributed by atoms with E-state index in [1.165, 1.54) is 4.90 Å². The molecule has 1 aliphatic heterocycles. The molecule has 0 saturated carbocycles. The number of aromatic nitrogens is 1. The van der Waals surface area contributed by atoms with Crippen LogP contribution < -0.4 is 10.6 Å². The number of alkyl halides is 1. The number of carbonyl (C=O) groups is 1. The lowest BCUT2D eigenvalue weighted by Crippen LogP contribution is -2.24. The Morgan fingerprint density at radius 1 is 1.68 bits per heavy atom. The molecule has 2 rings (SSSR count). The highest BCUT2D eigenvalue weighted by Crippen LogP contribution is 2.30. The van der Waals surface area contributed by atoms with E-state index in [2.05, 4.69) is 4.98 Å². The van der Waals surface area contributed by atoms with E-state index in [4.69, 9.17) is 10.8 Å². The standard InChI is InChI=1S/C10H11FN4O4/c11-5-1-2-14(4-5)9-6(10(16)17)3-7(15(18)19)8(12)13-9/h3,5H,1-2,4H2,(H2,12,13)(H,16,17)/t5-/m1/s1. The molecule has 1 aromatic heterocycles. The molecule has 0 bridgehead atoms. The van der Waals surface area contributed by atoms with Crippen LogP contribution in [0.3, 0.4) is 0 Å². The van der Waals surface area contributed by atoms with Gasteiger partial charge in [0.2, 0.25) is 5.82 Å². The average molecular weight is 270 g/mol. The topological polar surface area (TPSA) is 123 Å². The van der Waals surface area contributed by atoms with Crippen LogP contribution in [0.25, 0.3) is 0 Å². The first-order valence-electron chi connectivity index (χ1n) is 5.47. The van der Waals surface area contributed by atoms with Gasteiger partial charge < -0.3 is 15.7 Å². The van der Waals surface area contributed by atoms with E-state index in [0.29, 0.717) is 6.54 Å². The molecule has 0 amide bonds. The van der Waals surface area contributed by atoms with Gasteiger partial charge in [-0.1, -0.05) is 0 Å². The second-order valence-corrected chi connectivity index (χ2v) is 4.16. The molecule has 0 unspecified atom stereocenters. The van der Waals surface area contributed by atoms with Crippen LogP contribution in [-0.2, 0) is 0 Å². The number of rotatable bonds is 3. The minimum atomic E-state index is -1.37. The maximum atomic E-state index is 13.1. The smallest absolute Gasteiger partial charge is 0.339 e. The molecule has 8 nitrogen and oxygen atoms in total. The Morgan fingerprint density at radius 3 is 2.84 bits per heavy atom. The molecular formula is C10H11FN4O4. The first-order chi connectivity index (χ1) is 8.90. The summed E-state index contributed by atoms with van der Waals surface area (Å²) in [6, 6.07) is 0.853. The minimum Gasteiger partial charge on any atom is -0.478 e. The Morgan fingerprint density at radius 2 is 2.37 bits per heavy atom. The molecule has 1 aromatic rings. The summed E-state index contributed by atoms with van der Waals surface area (Å²) in [6.07, 6.45) is -0.808. The molecular weight excluding hydrogens is 259 g/mol. The van der Waals surface area contributed by atoms with Crippen molar-refractivity contribution in [2.24, 2.45) is 0 Å². The summed E-state index contributed by atoms with van der Waals surface area (Å²) in [5, 5.41) is 19.8. The van der Waals surface area contributed by atoms with Gasteiger partial charge in [0.25, 0.3) is 0 Å². The fraction of sp³-hybridized carbons (Fsp3) is 0.400. The Balaban J connectivity index is 2.51. The summed E-state index contributed by atoms with van der Waals surface area (Å²) in [6.45, 7) is 0.302. The molecule has 19 heavy (non-hydrogen) atoms. The molecule has 0 spiro atoms. The zero-order chi connectivity index (χ0) is 14.2. The number of nitrogens with zero attached hydrogens (tertiary/aromatic N) is 3. The second-order valence-electron chi connectivity index (χ2n) is 4.16. The number of nitrogen functional groups attached to an aromatic ring is 1. The predicted octanol–water partition coefficient (Wildman–Crippen LogP) is 0.818. The zero-order valence-electron chi connectivity index (χ0n) is 9.74. The van der Waals surface area contributed by atoms with E-state index in [0.717, 1.165) is 6.07 Å². The summed E-state index contributed by atoms with van der Waals surface area (Å²) in [4.78, 5) is 26.2. The first-order valence-corrected chi connectivity index (χ1v) is 5.47. The van der Waals surface area contributed by atoms with Gasteiger partial charge in [-0.15, -0.1) is 0 Å². The van der Waals surface area contributed by atoms with E-state index >= 15 is 0 Å². The highest BCUT2D eigenvalue weighted by Gasteiger charge is 2.29. The normalized spacial score (nSPS) is 18.6. The third-order valence-electron chi connectivity index (χ3n) is 2.87. The maximum absolute atomic E-state index is 13.1. The molecule has 0 radical (unpaired) electrons. The number of aromatic carboxylic acids is 1. The minimum absolute atomic E-state index is 0.00449. The van der Waals surface area contributed by atoms with Crippen molar-refractivity contribution in [3.05, 3.63) is 21.7 Å². The van der Waals surface area contributed by atoms with Crippen molar-refractivity contribution in [1.29, 1.82) is 0 Å². The molecule has 102 valence electrons. The zero-order valence-corrected chi connectivity index (χ0v) is 9.74. The SMILES string of the molecule is Nc1nc(N2CC[C@@H](F)C2)c(C(=O)O)cc1[N+](=O)[O-]. The van der Waals surface area contributed by atoms with Crippen LogP contribution in [0.1, 0.15) is 16.8 Å². The quantitative estimate of drug-likeness (QED) is 0.615. The van der Waals surface area contributed by atoms with Crippen molar-refractivity contribution in [1.82, 2.24) is 4.98 Å². The van der Waals surface area contributed by atoms with Crippen LogP contribution in [0.4, 0.5) is 21.7 Å². The molecule has 1 fully saturated rings. The lowest BCUT2D eigenvalue weighted by molar-refractivity contribution is -0.384. The van der Waals surface area contributed by atoms with Gasteiger partial charge in [0, 0.05) is 12.6 Å². The van der Waals surface area contributed by atoms with Crippen LogP contribution in [-0.4, -0.2) is 40.2 Å². The Hall–Kier alpha value is -2.45. The fourth-order valence-corrected chi connectivity index (χ4v) is 1.96. The van der Waals surface area contributed by atoms with Gasteiger partial charge in [0.1, 0.15) is 17.6 Å². The maximum Gasteiger partial charge on any atom is 0.339 e. The monoisotopic (exact) mass is 270 g/mol. The number of pyridine rings is 1. The fourth-order valence-electron chi connectivity index (χ4n) is 1.96. The van der Waals surface area contributed by atoms with Crippen LogP contribution >= 0.6 is 0 Å². The number of hydrogen-bond acceptors (Lipinski definition) is 6. The molecule has 1 aliphatic rings. The van der Waals surface area contributed by atoms with Crippen molar-refractivity contribution in [2.75, 3.05) is 23.7 Å². The summed E-state index contributed by atoms with van der Waals surface area (Å²) < 4.78 is 13.1. The third kappa shape index (κ3) is 2.39. The summed E-state index contributed by atoms with van der Waals surface area (Å²) >= 11 is 0. The van der Waals surface area contributed by atoms with Gasteiger partial charge in [-0.25, -0.2) is 14.2 Å². The molecule has 2 heterocycles. The van der Waals surface area contributed by atoms with Crippen molar-refractivity contribution >= 4 is 23.3 Å². The molecule has 1 saturated heterocycles. The average Bonchev–Trinajstić information content (AvgIpc) is 2.74. The van der Waals surface area contributed by atoms with Gasteiger partial charge in [-0.05, 0) is 6.42 Å². The summed E-state index contributed by atoms with van der Waals surface area (Å²) in [7, 11) is 0. The van der Waals surface area contributed by atoms with Crippen LogP contribution in [0, 0.1) is 10.1 Å². The molecule has 1 atom stereocenters. The Bertz CT molecular complexity index is 551. The van der Waals surface area contributed by atoms with E-state index in [-0.39, 0.29) is 30.2 Å². The first kappa shape index (κ1) is 13.0. The van der Waals surface area contributed by atoms with E-state index in [9.17, 15) is 19.3 Å². The van der Waals surface area contributed by atoms with Gasteiger partial charge in [-0.3, -0.25) is 10.1 Å². The predicted molar refractivity (Wildman–Crippen MR) is 64.0 cm³/mol. The number of halogens is 1. The molecule has 3 N–H and O–H groups in total. The number of nitro groups is 1. The highest BCUT2D eigenvalue weighted by molar-refractivity contribution is 5.95. The van der Waals surface area contributed by atoms with Gasteiger partial charge in [-0.2, -0.15) is 0 Å². The second kappa shape index (κ2) is 4.67. The van der Waals surface area contributed by atoms with Crippen LogP contribution in [0.2, 0.25) is 0 Å². The summed E-state index contributed by atoms with van der Waals surface area (Å²) in [5.41, 5.74) is 4.50. The van der Waals surface area contributed by atoms with Gasteiger partial charge >= 0.3 is 11.7 Å². The number of nitrogens with two attached hydrogens (primary N) is 1. The van der Waals surface area contributed by atoms with E-state index in [1.54, 1.807) is 0 Å². The Labute approximate surface area is 106 Å². The number of hydrogen-bond donors (Lipinski definition) is 2. The number of carboxylic acids is 1. The largest absolute Gasteiger partial charge is 0.478 e. The van der Waals surface area contributed by atoms with Crippen molar-refractivity contribution < 1.29 is 19.2 Å². The Kier molecular flexibility index (Phi) is 3.19.